The van der Waals surface area contributed by atoms with Gasteiger partial charge in [0.25, 0.3) is 0 Å². The van der Waals surface area contributed by atoms with Crippen LogP contribution in [0, 0.1) is 6.92 Å². The van der Waals surface area contributed by atoms with E-state index in [-0.39, 0.29) is 6.10 Å². The number of unbranched alkanes of at least 4 members (excludes halogenated alkanes) is 1. The number of nitrogens with one attached hydrogen (secondary N) is 1. The molecule has 1 aromatic rings. The maximum atomic E-state index is 5.87. The highest BCUT2D eigenvalue weighted by Gasteiger charge is 2.08. The Kier molecular flexibility index (Phi) is 11.7. The van der Waals surface area contributed by atoms with Crippen molar-refractivity contribution in [2.24, 2.45) is 4.99 Å². The first kappa shape index (κ1) is 24.7. The Morgan fingerprint density at radius 2 is 2.00 bits per heavy atom. The molecule has 0 aliphatic heterocycles. The number of hydrogen-bond acceptors (Lipinski definition) is 4. The predicted molar refractivity (Wildman–Crippen MR) is 127 cm³/mol. The summed E-state index contributed by atoms with van der Waals surface area (Å²) in [6, 6.07) is 6.25. The van der Waals surface area contributed by atoms with Crippen molar-refractivity contribution in [2.75, 3.05) is 25.6 Å². The molecule has 0 amide bonds. The van der Waals surface area contributed by atoms with Crippen LogP contribution in [-0.4, -0.2) is 32.3 Å². The Morgan fingerprint density at radius 3 is 2.66 bits per heavy atom. The largest absolute Gasteiger partial charge is 0.478 e. The van der Waals surface area contributed by atoms with E-state index in [0.717, 1.165) is 60.6 Å². The van der Waals surface area contributed by atoms with Gasteiger partial charge in [-0.1, -0.05) is 45.1 Å². The van der Waals surface area contributed by atoms with Crippen molar-refractivity contribution in [1.82, 2.24) is 0 Å². The van der Waals surface area contributed by atoms with Crippen molar-refractivity contribution in [3.8, 4) is 0 Å². The molecule has 0 spiro atoms. The van der Waals surface area contributed by atoms with E-state index in [2.05, 4.69) is 62.4 Å². The summed E-state index contributed by atoms with van der Waals surface area (Å²) in [5, 5.41) is 3.21. The second kappa shape index (κ2) is 13.8. The summed E-state index contributed by atoms with van der Waals surface area (Å²) in [6.45, 7) is 18.0. The fraction of sp³-hybridized carbons (Fsp3) is 0.480. The minimum absolute atomic E-state index is 0.0589. The van der Waals surface area contributed by atoms with Gasteiger partial charge >= 0.3 is 0 Å². The van der Waals surface area contributed by atoms with Gasteiger partial charge < -0.3 is 14.8 Å². The number of hydrogen-bond donors (Lipinski definition) is 1. The van der Waals surface area contributed by atoms with Crippen molar-refractivity contribution in [3.05, 3.63) is 60.3 Å². The Labute approximate surface area is 177 Å². The van der Waals surface area contributed by atoms with Gasteiger partial charge in [0.1, 0.15) is 6.61 Å². The summed E-state index contributed by atoms with van der Waals surface area (Å²) in [5.74, 6) is 0.722. The molecule has 160 valence electrons. The number of benzene rings is 1. The summed E-state index contributed by atoms with van der Waals surface area (Å²) in [4.78, 5) is 4.50. The third kappa shape index (κ3) is 9.14. The van der Waals surface area contributed by atoms with E-state index in [9.17, 15) is 0 Å². The molecule has 1 aromatic carbocycles. The van der Waals surface area contributed by atoms with Gasteiger partial charge in [0, 0.05) is 37.5 Å². The molecule has 0 saturated carbocycles. The topological polar surface area (TPSA) is 42.9 Å². The van der Waals surface area contributed by atoms with E-state index in [1.807, 2.05) is 20.0 Å². The fourth-order valence-corrected chi connectivity index (χ4v) is 2.69. The minimum Gasteiger partial charge on any atom is -0.478 e. The summed E-state index contributed by atoms with van der Waals surface area (Å²) < 4.78 is 11.6. The van der Waals surface area contributed by atoms with Gasteiger partial charge in [-0.05, 0) is 56.0 Å². The van der Waals surface area contributed by atoms with Crippen LogP contribution in [0.2, 0.25) is 0 Å². The normalized spacial score (nSPS) is 12.8. The molecule has 1 unspecified atom stereocenters. The number of ether oxygens (including phenoxy) is 2. The van der Waals surface area contributed by atoms with Gasteiger partial charge in [-0.25, -0.2) is 4.99 Å². The van der Waals surface area contributed by atoms with Gasteiger partial charge in [0.15, 0.2) is 5.90 Å². The smallest absolute Gasteiger partial charge is 0.187 e. The summed E-state index contributed by atoms with van der Waals surface area (Å²) in [5.41, 5.74) is 4.96. The first-order valence-electron chi connectivity index (χ1n) is 10.6. The van der Waals surface area contributed by atoms with Crippen LogP contribution in [0.15, 0.2) is 54.2 Å². The van der Waals surface area contributed by atoms with E-state index in [0.29, 0.717) is 6.61 Å². The van der Waals surface area contributed by atoms with E-state index in [1.54, 1.807) is 6.20 Å². The molecule has 1 N–H and O–H groups in total. The quantitative estimate of drug-likeness (QED) is 0.177. The van der Waals surface area contributed by atoms with E-state index < -0.39 is 0 Å². The Morgan fingerprint density at radius 1 is 1.24 bits per heavy atom. The number of nitrogens with zero attached hydrogens (tertiary/aromatic N) is 1. The maximum absolute atomic E-state index is 5.87. The second-order valence-corrected chi connectivity index (χ2v) is 7.24. The Balaban J connectivity index is 2.72. The van der Waals surface area contributed by atoms with Gasteiger partial charge in [0.05, 0.1) is 6.10 Å². The van der Waals surface area contributed by atoms with Gasteiger partial charge in [-0.2, -0.15) is 0 Å². The second-order valence-electron chi connectivity index (χ2n) is 7.24. The molecule has 0 aliphatic carbocycles. The zero-order valence-electron chi connectivity index (χ0n) is 18.9. The molecule has 0 fully saturated rings. The summed E-state index contributed by atoms with van der Waals surface area (Å²) >= 11 is 0. The van der Waals surface area contributed by atoms with Crippen LogP contribution < -0.4 is 5.32 Å². The zero-order chi connectivity index (χ0) is 21.6. The molecule has 0 saturated heterocycles. The molecule has 1 atom stereocenters. The highest BCUT2D eigenvalue weighted by molar-refractivity contribution is 5.86. The van der Waals surface area contributed by atoms with Crippen LogP contribution >= 0.6 is 0 Å². The lowest BCUT2D eigenvalue weighted by Crippen LogP contribution is -2.19. The van der Waals surface area contributed by atoms with E-state index in [4.69, 9.17) is 9.47 Å². The Bertz CT molecular complexity index is 720. The molecule has 1 rings (SSSR count). The highest BCUT2D eigenvalue weighted by Crippen LogP contribution is 2.28. The zero-order valence-corrected chi connectivity index (χ0v) is 18.9. The van der Waals surface area contributed by atoms with Crippen LogP contribution in [0.4, 0.5) is 5.69 Å². The van der Waals surface area contributed by atoms with Gasteiger partial charge in [0.2, 0.25) is 0 Å². The number of aliphatic imine (C=N–C) groups is 1. The van der Waals surface area contributed by atoms with E-state index >= 15 is 0 Å². The molecule has 0 heterocycles. The number of allylic oxidation sites excluding steroid dienone is 3. The van der Waals surface area contributed by atoms with Crippen LogP contribution in [0.3, 0.4) is 0 Å². The standard InChI is InChI=1S/C25H38N2O2/c1-8-10-16-28-21(5)18-29-25(11-9-2)27-15-14-20(4)22(6)23-17-19(3)12-13-24(23)26-7/h12-15,17,21,26H,4,6,8-11,16,18H2,1-3,5,7H3/b15-14-,27-25?. The van der Waals surface area contributed by atoms with E-state index in [1.165, 1.54) is 5.56 Å². The maximum Gasteiger partial charge on any atom is 0.187 e. The monoisotopic (exact) mass is 398 g/mol. The number of anilines is 1. The van der Waals surface area contributed by atoms with Gasteiger partial charge in [-0.3, -0.25) is 0 Å². The molecule has 0 aliphatic rings. The molecular formula is C25H38N2O2. The SMILES string of the molecule is C=C(/C=C\N=C(CCC)OCC(C)OCCCC)C(=C)c1cc(C)ccc1NC. The van der Waals surface area contributed by atoms with Crippen molar-refractivity contribution in [1.29, 1.82) is 0 Å². The van der Waals surface area contributed by atoms with Gasteiger partial charge in [-0.15, -0.1) is 0 Å². The van der Waals surface area contributed by atoms with Crippen LogP contribution in [0.1, 0.15) is 57.6 Å². The molecule has 4 nitrogen and oxygen atoms in total. The predicted octanol–water partition coefficient (Wildman–Crippen LogP) is 6.54. The van der Waals surface area contributed by atoms with Crippen LogP contribution in [0.5, 0.6) is 0 Å². The average molecular weight is 399 g/mol. The number of rotatable bonds is 13. The molecule has 0 bridgehead atoms. The average Bonchev–Trinajstić information content (AvgIpc) is 2.71. The highest BCUT2D eigenvalue weighted by atomic mass is 16.5. The van der Waals surface area contributed by atoms with Crippen molar-refractivity contribution < 1.29 is 9.47 Å². The van der Waals surface area contributed by atoms with Crippen LogP contribution in [0.25, 0.3) is 5.57 Å². The lowest BCUT2D eigenvalue weighted by molar-refractivity contribution is 0.0268. The fourth-order valence-electron chi connectivity index (χ4n) is 2.69. The molecule has 0 aromatic heterocycles. The summed E-state index contributed by atoms with van der Waals surface area (Å²) in [7, 11) is 1.91. The third-order valence-electron chi connectivity index (χ3n) is 4.50. The van der Waals surface area contributed by atoms with Crippen molar-refractivity contribution in [3.63, 3.8) is 0 Å². The third-order valence-corrected chi connectivity index (χ3v) is 4.50. The Hall–Kier alpha value is -2.33. The molecular weight excluding hydrogens is 360 g/mol. The summed E-state index contributed by atoms with van der Waals surface area (Å²) in [6.07, 6.45) is 7.66. The minimum atomic E-state index is 0.0589. The molecule has 0 radical (unpaired) electrons. The first-order chi connectivity index (χ1) is 13.9. The lowest BCUT2D eigenvalue weighted by Gasteiger charge is -2.15. The van der Waals surface area contributed by atoms with Crippen LogP contribution in [-0.2, 0) is 9.47 Å². The lowest BCUT2D eigenvalue weighted by atomic mass is 9.97. The molecule has 4 heteroatoms. The van der Waals surface area contributed by atoms with Crippen molar-refractivity contribution >= 4 is 17.2 Å². The number of aryl methyl sites for hydroxylation is 1. The first-order valence-corrected chi connectivity index (χ1v) is 10.6. The molecule has 29 heavy (non-hydrogen) atoms. The van der Waals surface area contributed by atoms with Crippen molar-refractivity contribution in [2.45, 2.75) is 59.5 Å².